The Hall–Kier alpha value is -1.95. The number of nitrogens with one attached hydrogen (secondary N) is 1. The third-order valence-corrected chi connectivity index (χ3v) is 2.84. The van der Waals surface area contributed by atoms with E-state index in [0.717, 1.165) is 12.1 Å². The summed E-state index contributed by atoms with van der Waals surface area (Å²) in [6.07, 6.45) is 0. The van der Waals surface area contributed by atoms with Crippen LogP contribution in [0, 0.1) is 17.0 Å². The summed E-state index contributed by atoms with van der Waals surface area (Å²) in [5.41, 5.74) is 5.41. The predicted molar refractivity (Wildman–Crippen MR) is 71.6 cm³/mol. The van der Waals surface area contributed by atoms with E-state index in [4.69, 9.17) is 15.9 Å². The summed E-state index contributed by atoms with van der Waals surface area (Å²) in [6.45, 7) is 0. The van der Waals surface area contributed by atoms with E-state index in [9.17, 15) is 8.78 Å². The summed E-state index contributed by atoms with van der Waals surface area (Å²) in [7, 11) is 0. The van der Waals surface area contributed by atoms with Crippen LogP contribution in [0.25, 0.3) is 0 Å². The number of rotatable bonds is 3. The molecule has 0 aliphatic carbocycles. The summed E-state index contributed by atoms with van der Waals surface area (Å²) in [5.74, 6) is -1.39. The number of hydrogen-bond donors (Lipinski definition) is 2. The largest absolute Gasteiger partial charge is 0.454 e. The minimum absolute atomic E-state index is 0.0303. The summed E-state index contributed by atoms with van der Waals surface area (Å²) in [6, 6.07) is 7.79. The van der Waals surface area contributed by atoms with Gasteiger partial charge < -0.3 is 10.5 Å². The molecule has 0 fully saturated rings. The minimum atomic E-state index is -0.576. The van der Waals surface area contributed by atoms with Crippen molar-refractivity contribution in [3.63, 3.8) is 0 Å². The van der Waals surface area contributed by atoms with Crippen LogP contribution >= 0.6 is 15.9 Å². The monoisotopic (exact) mass is 326 g/mol. The van der Waals surface area contributed by atoms with Crippen LogP contribution in [0.3, 0.4) is 0 Å². The molecule has 0 amide bonds. The maximum atomic E-state index is 13.6. The van der Waals surface area contributed by atoms with Crippen LogP contribution in [-0.2, 0) is 0 Å². The molecule has 2 aromatic carbocycles. The molecule has 0 atom stereocenters. The first-order valence-corrected chi connectivity index (χ1v) is 6.03. The number of halogens is 3. The summed E-state index contributed by atoms with van der Waals surface area (Å²) in [5, 5.41) is 7.36. The molecule has 2 aromatic rings. The zero-order chi connectivity index (χ0) is 14.0. The Morgan fingerprint density at radius 1 is 1.11 bits per heavy atom. The van der Waals surface area contributed by atoms with Crippen LogP contribution in [0.4, 0.5) is 8.78 Å². The van der Waals surface area contributed by atoms with E-state index in [1.807, 2.05) is 0 Å². The SMILES string of the molecule is N=C(N)c1cc(F)ccc1Oc1ccc(Br)cc1F. The van der Waals surface area contributed by atoms with Crippen molar-refractivity contribution >= 4 is 21.8 Å². The average Bonchev–Trinajstić information content (AvgIpc) is 2.34. The first kappa shape index (κ1) is 13.5. The number of amidine groups is 1. The Morgan fingerprint density at radius 2 is 1.79 bits per heavy atom. The molecule has 0 saturated carbocycles. The molecule has 0 aliphatic rings. The van der Waals surface area contributed by atoms with E-state index in [1.165, 1.54) is 18.2 Å². The number of nitrogens with two attached hydrogens (primary N) is 1. The minimum Gasteiger partial charge on any atom is -0.454 e. The van der Waals surface area contributed by atoms with E-state index in [2.05, 4.69) is 15.9 Å². The summed E-state index contributed by atoms with van der Waals surface area (Å²) < 4.78 is 32.6. The first-order chi connectivity index (χ1) is 8.97. The Labute approximate surface area is 116 Å². The fourth-order valence-electron chi connectivity index (χ4n) is 1.48. The lowest BCUT2D eigenvalue weighted by Gasteiger charge is -2.11. The van der Waals surface area contributed by atoms with E-state index in [1.54, 1.807) is 6.07 Å². The third kappa shape index (κ3) is 3.08. The highest BCUT2D eigenvalue weighted by Gasteiger charge is 2.12. The lowest BCUT2D eigenvalue weighted by Crippen LogP contribution is -2.12. The quantitative estimate of drug-likeness (QED) is 0.665. The van der Waals surface area contributed by atoms with Gasteiger partial charge >= 0.3 is 0 Å². The van der Waals surface area contributed by atoms with Crippen LogP contribution in [0.5, 0.6) is 11.5 Å². The number of benzene rings is 2. The van der Waals surface area contributed by atoms with Gasteiger partial charge in [0, 0.05) is 4.47 Å². The molecule has 0 spiro atoms. The molecule has 3 N–H and O–H groups in total. The Balaban J connectivity index is 2.40. The van der Waals surface area contributed by atoms with Crippen molar-refractivity contribution in [2.24, 2.45) is 5.73 Å². The van der Waals surface area contributed by atoms with Crippen LogP contribution < -0.4 is 10.5 Å². The van der Waals surface area contributed by atoms with E-state index < -0.39 is 11.6 Å². The predicted octanol–water partition coefficient (Wildman–Crippen LogP) is 3.80. The summed E-state index contributed by atoms with van der Waals surface area (Å²) in [4.78, 5) is 0. The molecule has 0 unspecified atom stereocenters. The second-order valence-corrected chi connectivity index (χ2v) is 4.65. The average molecular weight is 327 g/mol. The fourth-order valence-corrected chi connectivity index (χ4v) is 1.81. The molecular formula is C13H9BrF2N2O. The Kier molecular flexibility index (Phi) is 3.80. The van der Waals surface area contributed by atoms with Crippen molar-refractivity contribution in [2.75, 3.05) is 0 Å². The van der Waals surface area contributed by atoms with Gasteiger partial charge in [0.1, 0.15) is 17.4 Å². The lowest BCUT2D eigenvalue weighted by molar-refractivity contribution is 0.440. The highest BCUT2D eigenvalue weighted by molar-refractivity contribution is 9.10. The molecule has 0 radical (unpaired) electrons. The molecule has 2 rings (SSSR count). The molecule has 0 heterocycles. The second-order valence-electron chi connectivity index (χ2n) is 3.73. The molecule has 0 aliphatic heterocycles. The van der Waals surface area contributed by atoms with Gasteiger partial charge in [0.15, 0.2) is 11.6 Å². The van der Waals surface area contributed by atoms with Gasteiger partial charge in [0.05, 0.1) is 5.56 Å². The van der Waals surface area contributed by atoms with Crippen LogP contribution in [0.15, 0.2) is 40.9 Å². The van der Waals surface area contributed by atoms with Gasteiger partial charge in [-0.15, -0.1) is 0 Å². The smallest absolute Gasteiger partial charge is 0.166 e. The van der Waals surface area contributed by atoms with Gasteiger partial charge in [0.2, 0.25) is 0 Å². The van der Waals surface area contributed by atoms with Gasteiger partial charge in [-0.1, -0.05) is 15.9 Å². The normalized spacial score (nSPS) is 10.3. The van der Waals surface area contributed by atoms with Gasteiger partial charge in [-0.2, -0.15) is 0 Å². The van der Waals surface area contributed by atoms with Gasteiger partial charge in [-0.25, -0.2) is 8.78 Å². The van der Waals surface area contributed by atoms with Crippen molar-refractivity contribution < 1.29 is 13.5 Å². The zero-order valence-corrected chi connectivity index (χ0v) is 11.2. The fraction of sp³-hybridized carbons (Fsp3) is 0. The van der Waals surface area contributed by atoms with Crippen molar-refractivity contribution in [3.05, 3.63) is 58.1 Å². The Morgan fingerprint density at radius 3 is 2.42 bits per heavy atom. The van der Waals surface area contributed by atoms with Gasteiger partial charge in [-0.3, -0.25) is 5.41 Å². The lowest BCUT2D eigenvalue weighted by atomic mass is 10.2. The topological polar surface area (TPSA) is 59.1 Å². The molecule has 6 heteroatoms. The molecule has 3 nitrogen and oxygen atoms in total. The number of hydrogen-bond acceptors (Lipinski definition) is 2. The molecule has 0 aromatic heterocycles. The molecule has 98 valence electrons. The van der Waals surface area contributed by atoms with E-state index >= 15 is 0 Å². The molecule has 19 heavy (non-hydrogen) atoms. The van der Waals surface area contributed by atoms with Gasteiger partial charge in [0.25, 0.3) is 0 Å². The van der Waals surface area contributed by atoms with Crippen LogP contribution in [0.2, 0.25) is 0 Å². The van der Waals surface area contributed by atoms with E-state index in [0.29, 0.717) is 4.47 Å². The third-order valence-electron chi connectivity index (χ3n) is 2.35. The second kappa shape index (κ2) is 5.36. The highest BCUT2D eigenvalue weighted by atomic mass is 79.9. The standard InChI is InChI=1S/C13H9BrF2N2O/c14-7-1-3-12(10(16)5-7)19-11-4-2-8(15)6-9(11)13(17)18/h1-6H,(H3,17,18). The number of ether oxygens (including phenoxy) is 1. The van der Waals surface area contributed by atoms with E-state index in [-0.39, 0.29) is 22.9 Å². The molecule has 0 saturated heterocycles. The maximum absolute atomic E-state index is 13.6. The molecular weight excluding hydrogens is 318 g/mol. The van der Waals surface area contributed by atoms with Crippen molar-refractivity contribution in [1.29, 1.82) is 5.41 Å². The highest BCUT2D eigenvalue weighted by Crippen LogP contribution is 2.29. The first-order valence-electron chi connectivity index (χ1n) is 5.24. The van der Waals surface area contributed by atoms with Crippen LogP contribution in [0.1, 0.15) is 5.56 Å². The van der Waals surface area contributed by atoms with Crippen molar-refractivity contribution in [1.82, 2.24) is 0 Å². The van der Waals surface area contributed by atoms with Crippen LogP contribution in [-0.4, -0.2) is 5.84 Å². The zero-order valence-electron chi connectivity index (χ0n) is 9.58. The van der Waals surface area contributed by atoms with Crippen molar-refractivity contribution in [2.45, 2.75) is 0 Å². The Bertz CT molecular complexity index is 647. The summed E-state index contributed by atoms with van der Waals surface area (Å²) >= 11 is 3.13. The van der Waals surface area contributed by atoms with Crippen molar-refractivity contribution in [3.8, 4) is 11.5 Å². The van der Waals surface area contributed by atoms with Gasteiger partial charge in [-0.05, 0) is 36.4 Å². The molecule has 0 bridgehead atoms. The number of nitrogen functional groups attached to an aromatic ring is 1. The maximum Gasteiger partial charge on any atom is 0.166 e.